The van der Waals surface area contributed by atoms with Crippen molar-refractivity contribution in [3.63, 3.8) is 0 Å². The lowest BCUT2D eigenvalue weighted by Crippen LogP contribution is -2.42. The van der Waals surface area contributed by atoms with Crippen LogP contribution in [0.1, 0.15) is 11.3 Å². The molecule has 4 heteroatoms. The van der Waals surface area contributed by atoms with E-state index in [0.717, 1.165) is 16.5 Å². The number of rotatable bonds is 2. The topological polar surface area (TPSA) is 3.88 Å². The molecule has 1 aromatic heterocycles. The predicted octanol–water partition coefficient (Wildman–Crippen LogP) is 5.00. The van der Waals surface area contributed by atoms with Gasteiger partial charge in [-0.1, -0.05) is 77.3 Å². The van der Waals surface area contributed by atoms with Crippen LogP contribution in [0.3, 0.4) is 0 Å². The maximum atomic E-state index is 6.14. The van der Waals surface area contributed by atoms with E-state index in [4.69, 9.17) is 34.8 Å². The molecule has 3 aromatic rings. The molecule has 3 rings (SSSR count). The predicted molar refractivity (Wildman–Crippen MR) is 88.9 cm³/mol. The van der Waals surface area contributed by atoms with Gasteiger partial charge in [0.25, 0.3) is 3.79 Å². The van der Waals surface area contributed by atoms with Gasteiger partial charge in [-0.2, -0.15) is 4.57 Å². The number of pyridine rings is 1. The first-order valence-corrected chi connectivity index (χ1v) is 7.72. The van der Waals surface area contributed by atoms with Crippen LogP contribution < -0.4 is 4.57 Å². The van der Waals surface area contributed by atoms with Gasteiger partial charge in [0.2, 0.25) is 11.2 Å². The second-order valence-electron chi connectivity index (χ2n) is 4.85. The molecule has 0 aliphatic rings. The van der Waals surface area contributed by atoms with Gasteiger partial charge in [-0.05, 0) is 12.1 Å². The third-order valence-electron chi connectivity index (χ3n) is 3.41. The van der Waals surface area contributed by atoms with Crippen molar-refractivity contribution in [3.8, 4) is 0 Å². The van der Waals surface area contributed by atoms with E-state index in [1.54, 1.807) is 0 Å². The summed E-state index contributed by atoms with van der Waals surface area (Å²) >= 11 is 18.4. The van der Waals surface area contributed by atoms with Crippen LogP contribution in [-0.4, -0.2) is 0 Å². The normalized spacial score (nSPS) is 11.8. The monoisotopic (exact) mass is 336 g/mol. The molecule has 0 radical (unpaired) electrons. The highest BCUT2D eigenvalue weighted by atomic mass is 35.6. The zero-order valence-electron chi connectivity index (χ0n) is 11.1. The van der Waals surface area contributed by atoms with Gasteiger partial charge in [0.1, 0.15) is 0 Å². The fourth-order valence-electron chi connectivity index (χ4n) is 2.45. The van der Waals surface area contributed by atoms with E-state index < -0.39 is 3.79 Å². The Morgan fingerprint density at radius 3 is 2.14 bits per heavy atom. The van der Waals surface area contributed by atoms with Crippen molar-refractivity contribution in [1.29, 1.82) is 0 Å². The summed E-state index contributed by atoms with van der Waals surface area (Å²) in [5, 5.41) is 1.12. The summed E-state index contributed by atoms with van der Waals surface area (Å²) in [5.41, 5.74) is 2.87. The Hall–Kier alpha value is -1.28. The van der Waals surface area contributed by atoms with Gasteiger partial charge in [-0.15, -0.1) is 0 Å². The average molecular weight is 338 g/mol. The second kappa shape index (κ2) is 5.84. The fraction of sp³-hybridized carbons (Fsp3) is 0.118. The van der Waals surface area contributed by atoms with E-state index >= 15 is 0 Å². The molecule has 0 aliphatic heterocycles. The number of alkyl halides is 3. The molecule has 0 N–H and O–H groups in total. The number of halogens is 3. The lowest BCUT2D eigenvalue weighted by molar-refractivity contribution is -0.670. The summed E-state index contributed by atoms with van der Waals surface area (Å²) in [7, 11) is 0. The van der Waals surface area contributed by atoms with E-state index in [0.29, 0.717) is 12.2 Å². The highest BCUT2D eigenvalue weighted by molar-refractivity contribution is 6.66. The third kappa shape index (κ3) is 3.16. The maximum Gasteiger partial charge on any atom is 0.275 e. The molecule has 0 bridgehead atoms. The number of fused-ring (bicyclic) bond motifs is 1. The molecule has 0 spiro atoms. The van der Waals surface area contributed by atoms with E-state index in [-0.39, 0.29) is 0 Å². The number of benzene rings is 2. The summed E-state index contributed by atoms with van der Waals surface area (Å²) < 4.78 is 0.594. The summed E-state index contributed by atoms with van der Waals surface area (Å²) in [5.74, 6) is 0. The van der Waals surface area contributed by atoms with Crippen LogP contribution in [0.15, 0.2) is 66.7 Å². The summed E-state index contributed by atoms with van der Waals surface area (Å²) in [6.45, 7) is 0.658. The van der Waals surface area contributed by atoms with Gasteiger partial charge in [-0.3, -0.25) is 0 Å². The molecule has 106 valence electrons. The average Bonchev–Trinajstić information content (AvgIpc) is 2.47. The Balaban J connectivity index is 2.21. The van der Waals surface area contributed by atoms with Gasteiger partial charge in [0, 0.05) is 23.1 Å². The fourth-order valence-corrected chi connectivity index (χ4v) is 2.94. The number of aromatic nitrogens is 1. The standard InChI is InChI=1S/C17H13Cl3N/c18-17(19,20)16-11-10-14-8-4-5-9-15(14)21(16)12-13-6-2-1-3-7-13/h1-11H,12H2/q+1. The molecule has 0 aliphatic carbocycles. The minimum absolute atomic E-state index is 0.658. The molecule has 0 amide bonds. The first-order chi connectivity index (χ1) is 10.1. The largest absolute Gasteiger partial charge is 0.275 e. The quantitative estimate of drug-likeness (QED) is 0.457. The smallest absolute Gasteiger partial charge is 0.187 e. The van der Waals surface area contributed by atoms with Crippen LogP contribution in [0.4, 0.5) is 0 Å². The number of hydrogen-bond donors (Lipinski definition) is 0. The molecule has 2 aromatic carbocycles. The SMILES string of the molecule is ClC(Cl)(Cl)c1ccc2ccccc2[n+]1Cc1ccccc1. The molecule has 0 unspecified atom stereocenters. The minimum atomic E-state index is -1.46. The Morgan fingerprint density at radius 1 is 0.762 bits per heavy atom. The summed E-state index contributed by atoms with van der Waals surface area (Å²) in [4.78, 5) is 0. The van der Waals surface area contributed by atoms with Gasteiger partial charge in [-0.25, -0.2) is 0 Å². The van der Waals surface area contributed by atoms with Crippen LogP contribution in [0.2, 0.25) is 0 Å². The van der Waals surface area contributed by atoms with Crippen molar-refractivity contribution in [2.24, 2.45) is 0 Å². The third-order valence-corrected chi connectivity index (χ3v) is 3.99. The van der Waals surface area contributed by atoms with Gasteiger partial charge >= 0.3 is 0 Å². The summed E-state index contributed by atoms with van der Waals surface area (Å²) in [6.07, 6.45) is 0. The number of para-hydroxylation sites is 1. The second-order valence-corrected chi connectivity index (χ2v) is 7.13. The van der Waals surface area contributed by atoms with Crippen molar-refractivity contribution >= 4 is 45.7 Å². The van der Waals surface area contributed by atoms with Gasteiger partial charge < -0.3 is 0 Å². The summed E-state index contributed by atoms with van der Waals surface area (Å²) in [6, 6.07) is 22.1. The highest BCUT2D eigenvalue weighted by Gasteiger charge is 2.34. The lowest BCUT2D eigenvalue weighted by Gasteiger charge is -2.12. The first-order valence-electron chi connectivity index (χ1n) is 6.58. The number of nitrogens with zero attached hydrogens (tertiary/aromatic N) is 1. The molecular weight excluding hydrogens is 325 g/mol. The molecule has 21 heavy (non-hydrogen) atoms. The minimum Gasteiger partial charge on any atom is -0.187 e. The lowest BCUT2D eigenvalue weighted by atomic mass is 10.1. The van der Waals surface area contributed by atoms with E-state index in [1.165, 1.54) is 0 Å². The van der Waals surface area contributed by atoms with E-state index in [2.05, 4.69) is 22.8 Å². The van der Waals surface area contributed by atoms with Crippen molar-refractivity contribution in [2.45, 2.75) is 10.3 Å². The van der Waals surface area contributed by atoms with Crippen molar-refractivity contribution < 1.29 is 4.57 Å². The van der Waals surface area contributed by atoms with E-state index in [9.17, 15) is 0 Å². The Kier molecular flexibility index (Phi) is 4.08. The van der Waals surface area contributed by atoms with Crippen molar-refractivity contribution in [3.05, 3.63) is 78.0 Å². The van der Waals surface area contributed by atoms with Gasteiger partial charge in [0.15, 0.2) is 6.54 Å². The van der Waals surface area contributed by atoms with Crippen LogP contribution in [0, 0.1) is 0 Å². The molecule has 0 saturated carbocycles. The first kappa shape index (κ1) is 14.6. The molecular formula is C17H13Cl3N+. The number of hydrogen-bond acceptors (Lipinski definition) is 0. The molecule has 0 atom stereocenters. The van der Waals surface area contributed by atoms with Crippen molar-refractivity contribution in [1.82, 2.24) is 0 Å². The Morgan fingerprint density at radius 2 is 1.43 bits per heavy atom. The van der Waals surface area contributed by atoms with Crippen LogP contribution >= 0.6 is 34.8 Å². The zero-order valence-corrected chi connectivity index (χ0v) is 13.4. The highest BCUT2D eigenvalue weighted by Crippen LogP contribution is 2.36. The van der Waals surface area contributed by atoms with Crippen LogP contribution in [0.5, 0.6) is 0 Å². The molecule has 0 fully saturated rings. The Labute approximate surface area is 138 Å². The maximum absolute atomic E-state index is 6.14. The van der Waals surface area contributed by atoms with E-state index in [1.807, 2.05) is 48.5 Å². The van der Waals surface area contributed by atoms with Crippen LogP contribution in [0.25, 0.3) is 10.9 Å². The van der Waals surface area contributed by atoms with Crippen LogP contribution in [-0.2, 0) is 10.3 Å². The Bertz CT molecular complexity index is 764. The molecule has 1 nitrogen and oxygen atoms in total. The zero-order chi connectivity index (χ0) is 14.9. The molecule has 0 saturated heterocycles. The molecule has 1 heterocycles. The van der Waals surface area contributed by atoms with Crippen molar-refractivity contribution in [2.75, 3.05) is 0 Å². The van der Waals surface area contributed by atoms with Gasteiger partial charge in [0.05, 0.1) is 0 Å².